The molecule has 3 saturated heterocycles. The zero-order chi connectivity index (χ0) is 63.7. The van der Waals surface area contributed by atoms with Gasteiger partial charge in [-0.15, -0.1) is 0 Å². The topological polar surface area (TPSA) is 213 Å². The van der Waals surface area contributed by atoms with Crippen LogP contribution in [0.5, 0.6) is 0 Å². The molecular formula is C69H108O18. The van der Waals surface area contributed by atoms with Crippen molar-refractivity contribution in [3.8, 4) is 0 Å². The molecule has 4 bridgehead atoms. The highest BCUT2D eigenvalue weighted by Crippen LogP contribution is 2.62. The van der Waals surface area contributed by atoms with Crippen LogP contribution in [-0.4, -0.2) is 126 Å². The number of hydrogen-bond acceptors (Lipinski definition) is 18. The maximum absolute atomic E-state index is 13.2. The van der Waals surface area contributed by atoms with Gasteiger partial charge in [0, 0.05) is 60.7 Å². The van der Waals surface area contributed by atoms with Crippen LogP contribution in [0.4, 0.5) is 0 Å². The molecule has 0 N–H and O–H groups in total. The number of carbonyl (C=O) groups excluding carboxylic acids is 6. The lowest BCUT2D eigenvalue weighted by Crippen LogP contribution is -2.65. The Bertz CT molecular complexity index is 2390. The molecule has 87 heavy (non-hydrogen) atoms. The number of esters is 6. The fourth-order valence-corrected chi connectivity index (χ4v) is 15.3. The highest BCUT2D eigenvalue weighted by atomic mass is 16.7. The van der Waals surface area contributed by atoms with Crippen LogP contribution >= 0.6 is 0 Å². The minimum absolute atomic E-state index is 0.111. The molecule has 3 heterocycles. The Morgan fingerprint density at radius 3 is 1.18 bits per heavy atom. The number of rotatable bonds is 19. The average molecular weight is 1230 g/mol. The van der Waals surface area contributed by atoms with Crippen molar-refractivity contribution in [2.24, 2.45) is 35.5 Å². The Morgan fingerprint density at radius 2 is 0.782 bits per heavy atom. The quantitative estimate of drug-likeness (QED) is 0.0668. The van der Waals surface area contributed by atoms with Crippen LogP contribution in [0.2, 0.25) is 0 Å². The molecule has 0 amide bonds. The second-order valence-corrected chi connectivity index (χ2v) is 29.2. The minimum Gasteiger partial charge on any atom is -0.460 e. The van der Waals surface area contributed by atoms with E-state index in [4.69, 9.17) is 56.8 Å². The molecule has 18 heteroatoms. The van der Waals surface area contributed by atoms with E-state index in [9.17, 15) is 28.8 Å². The van der Waals surface area contributed by atoms with Gasteiger partial charge in [-0.05, 0) is 175 Å². The Hall–Kier alpha value is -4.20. The van der Waals surface area contributed by atoms with Gasteiger partial charge in [0.2, 0.25) is 0 Å². The lowest BCUT2D eigenvalue weighted by molar-refractivity contribution is -0.395. The molecule has 10 aliphatic rings. The Balaban J connectivity index is 0.000000189. The van der Waals surface area contributed by atoms with Gasteiger partial charge in [0.15, 0.2) is 17.4 Å². The summed E-state index contributed by atoms with van der Waals surface area (Å²) in [6.07, 6.45) is 19.1. The summed E-state index contributed by atoms with van der Waals surface area (Å²) >= 11 is 0. The van der Waals surface area contributed by atoms with Gasteiger partial charge in [-0.3, -0.25) is 14.4 Å². The third kappa shape index (κ3) is 19.4. The van der Waals surface area contributed by atoms with Crippen LogP contribution < -0.4 is 0 Å². The second-order valence-electron chi connectivity index (χ2n) is 29.2. The van der Waals surface area contributed by atoms with Gasteiger partial charge in [0.25, 0.3) is 0 Å². The molecular weight excluding hydrogens is 1120 g/mol. The molecule has 6 unspecified atom stereocenters. The fourth-order valence-electron chi connectivity index (χ4n) is 15.3. The molecule has 0 aromatic carbocycles. The first kappa shape index (κ1) is 70.3. The third-order valence-electron chi connectivity index (χ3n) is 19.3. The molecule has 18 nitrogen and oxygen atoms in total. The van der Waals surface area contributed by atoms with Gasteiger partial charge in [-0.2, -0.15) is 0 Å². The predicted octanol–water partition coefficient (Wildman–Crippen LogP) is 12.9. The number of ether oxygens (including phenoxy) is 12. The van der Waals surface area contributed by atoms with Crippen LogP contribution in [0, 0.1) is 35.5 Å². The summed E-state index contributed by atoms with van der Waals surface area (Å²) in [5.41, 5.74) is -0.118. The number of carbonyl (C=O) groups is 6. The van der Waals surface area contributed by atoms with Crippen LogP contribution in [-0.2, 0) is 85.6 Å². The second kappa shape index (κ2) is 29.8. The summed E-state index contributed by atoms with van der Waals surface area (Å²) in [7, 11) is 0. The normalized spacial score (nSPS) is 31.5. The van der Waals surface area contributed by atoms with Crippen molar-refractivity contribution < 1.29 is 85.6 Å². The molecule has 7 aliphatic carbocycles. The van der Waals surface area contributed by atoms with Crippen molar-refractivity contribution in [1.82, 2.24) is 0 Å². The predicted molar refractivity (Wildman–Crippen MR) is 324 cm³/mol. The van der Waals surface area contributed by atoms with E-state index in [1.807, 2.05) is 20.8 Å². The van der Waals surface area contributed by atoms with Crippen LogP contribution in [0.1, 0.15) is 237 Å². The Labute approximate surface area is 519 Å². The standard InChI is InChI=1S/C28H42O6.C21H34O6.C20H32O6/c1-17(2)26(30)31-16-24-14-23(15-25(29)34-27(18(3)4)7-5-6-8-27)32-28(33-24)21-10-19-9-20(12-21)13-22(28)11-19;1-14(2)19(23)24-13-17-11-16(25-20(5,6)26-17)12-18(22)27-21(15(3)4)9-7-8-10-21;1-14(2)18(22)23-13-16-11-15(12-17(21)26-19(3,4)5)24-20(25-16)9-7-6-8-10-20/h18-24H,1,5-16H2,2-4H3;15-17H,1,7-13H2,2-6H3;15-16H,1,6-13H2,2-5H3. The Kier molecular flexibility index (Phi) is 24.1. The van der Waals surface area contributed by atoms with Gasteiger partial charge in [0.1, 0.15) is 36.6 Å². The van der Waals surface area contributed by atoms with Crippen LogP contribution in [0.3, 0.4) is 0 Å². The maximum atomic E-state index is 13.2. The summed E-state index contributed by atoms with van der Waals surface area (Å²) in [5, 5.41) is 0. The zero-order valence-electron chi connectivity index (χ0n) is 55.0. The van der Waals surface area contributed by atoms with Crippen molar-refractivity contribution in [2.45, 2.75) is 308 Å². The van der Waals surface area contributed by atoms with Crippen molar-refractivity contribution in [3.05, 3.63) is 36.5 Å². The van der Waals surface area contributed by atoms with Crippen molar-refractivity contribution in [2.75, 3.05) is 19.8 Å². The molecule has 0 aromatic heterocycles. The maximum Gasteiger partial charge on any atom is 0.333 e. The third-order valence-corrected chi connectivity index (χ3v) is 19.3. The lowest BCUT2D eigenvalue weighted by Gasteiger charge is -2.62. The molecule has 7 saturated carbocycles. The Morgan fingerprint density at radius 1 is 0.448 bits per heavy atom. The van der Waals surface area contributed by atoms with Gasteiger partial charge >= 0.3 is 35.8 Å². The van der Waals surface area contributed by atoms with E-state index in [1.165, 1.54) is 6.42 Å². The summed E-state index contributed by atoms with van der Waals surface area (Å²) in [6.45, 7) is 33.8. The molecule has 0 aromatic rings. The summed E-state index contributed by atoms with van der Waals surface area (Å²) in [6, 6.07) is 0. The van der Waals surface area contributed by atoms with E-state index >= 15 is 0 Å². The molecule has 3 aliphatic heterocycles. The van der Waals surface area contributed by atoms with Gasteiger partial charge in [-0.1, -0.05) is 53.9 Å². The van der Waals surface area contributed by atoms with Crippen LogP contribution in [0.15, 0.2) is 36.5 Å². The molecule has 2 spiro atoms. The minimum atomic E-state index is -0.855. The average Bonchev–Trinajstić information content (AvgIpc) is 1.22. The molecule has 0 radical (unpaired) electrons. The summed E-state index contributed by atoms with van der Waals surface area (Å²) < 4.78 is 71.1. The van der Waals surface area contributed by atoms with Gasteiger partial charge < -0.3 is 56.8 Å². The van der Waals surface area contributed by atoms with Crippen LogP contribution in [0.25, 0.3) is 0 Å². The smallest absolute Gasteiger partial charge is 0.333 e. The SMILES string of the molecule is C=C(C)C(=O)OCC1CC(CC(=O)OC(C)(C)C)OC2(CCCCC2)O1.C=C(C)C(=O)OCC1CC(CC(=O)OC2(C(C)C)CCCC2)OC(C)(C)O1.C=C(C)C(=O)OCC1CC(CC(=O)OC2(C(C)C)CCCC2)OC2(O1)C1CC3CC(C1)CC2C3. The number of hydrogen-bond donors (Lipinski definition) is 0. The van der Waals surface area contributed by atoms with E-state index < -0.39 is 40.9 Å². The lowest BCUT2D eigenvalue weighted by atomic mass is 9.53. The van der Waals surface area contributed by atoms with Gasteiger partial charge in [-0.25, -0.2) is 14.4 Å². The van der Waals surface area contributed by atoms with Crippen molar-refractivity contribution in [3.63, 3.8) is 0 Å². The van der Waals surface area contributed by atoms with E-state index in [0.29, 0.717) is 59.7 Å². The first-order valence-corrected chi connectivity index (χ1v) is 33.0. The monoisotopic (exact) mass is 1220 g/mol. The first-order valence-electron chi connectivity index (χ1n) is 33.0. The zero-order valence-corrected chi connectivity index (χ0v) is 55.0. The first-order chi connectivity index (χ1) is 40.8. The van der Waals surface area contributed by atoms with Crippen molar-refractivity contribution >= 4 is 35.8 Å². The largest absolute Gasteiger partial charge is 0.460 e. The van der Waals surface area contributed by atoms with E-state index in [1.54, 1.807) is 34.6 Å². The van der Waals surface area contributed by atoms with E-state index in [-0.39, 0.29) is 105 Å². The molecule has 492 valence electrons. The van der Waals surface area contributed by atoms with Crippen molar-refractivity contribution in [1.29, 1.82) is 0 Å². The summed E-state index contributed by atoms with van der Waals surface area (Å²) in [5.74, 6) is -1.26. The fraction of sp³-hybridized carbons (Fsp3) is 0.826. The highest BCUT2D eigenvalue weighted by molar-refractivity contribution is 5.87. The summed E-state index contributed by atoms with van der Waals surface area (Å²) in [4.78, 5) is 73.4. The highest BCUT2D eigenvalue weighted by Gasteiger charge is 2.62. The van der Waals surface area contributed by atoms with Gasteiger partial charge in [0.05, 0.1) is 55.9 Å². The molecule has 6 atom stereocenters. The van der Waals surface area contributed by atoms with E-state index in [2.05, 4.69) is 47.4 Å². The molecule has 10 fully saturated rings. The van der Waals surface area contributed by atoms with E-state index in [0.717, 1.165) is 121 Å². The molecule has 10 rings (SSSR count).